The van der Waals surface area contributed by atoms with Gasteiger partial charge in [0.1, 0.15) is 11.2 Å². The fourth-order valence-electron chi connectivity index (χ4n) is 2.42. The first-order valence-corrected chi connectivity index (χ1v) is 7.54. The molecule has 0 fully saturated rings. The largest absolute Gasteiger partial charge is 0.426 e. The second kappa shape index (κ2) is 6.33. The normalized spacial score (nSPS) is 16.2. The summed E-state index contributed by atoms with van der Waals surface area (Å²) in [7, 11) is 0. The van der Waals surface area contributed by atoms with Crippen molar-refractivity contribution in [3.63, 3.8) is 0 Å². The molecule has 1 aromatic heterocycles. The molecular weight excluding hydrogens is 330 g/mol. The highest BCUT2D eigenvalue weighted by Crippen LogP contribution is 2.36. The minimum Gasteiger partial charge on any atom is -0.415 e. The third-order valence-corrected chi connectivity index (χ3v) is 3.62. The van der Waals surface area contributed by atoms with Gasteiger partial charge < -0.3 is 10.1 Å². The van der Waals surface area contributed by atoms with Crippen LogP contribution in [-0.4, -0.2) is 17.0 Å². The van der Waals surface area contributed by atoms with Crippen molar-refractivity contribution < 1.29 is 14.3 Å². The van der Waals surface area contributed by atoms with Crippen molar-refractivity contribution in [1.29, 1.82) is 0 Å². The average molecular weight is 344 g/mol. The molecule has 0 radical (unpaired) electrons. The van der Waals surface area contributed by atoms with E-state index in [0.717, 1.165) is 4.90 Å². The number of hydrogen-bond donors (Lipinski definition) is 1. The summed E-state index contributed by atoms with van der Waals surface area (Å²) in [5.41, 5.74) is 0.978. The van der Waals surface area contributed by atoms with Crippen LogP contribution in [-0.2, 0) is 9.53 Å². The van der Waals surface area contributed by atoms with E-state index < -0.39 is 18.0 Å². The van der Waals surface area contributed by atoms with Gasteiger partial charge in [-0.3, -0.25) is 4.79 Å². The number of aromatic nitrogens is 1. The summed E-state index contributed by atoms with van der Waals surface area (Å²) in [6.07, 6.45) is -0.833. The first-order valence-electron chi connectivity index (χ1n) is 7.16. The number of halogens is 1. The fourth-order valence-corrected chi connectivity index (χ4v) is 2.56. The van der Waals surface area contributed by atoms with Crippen molar-refractivity contribution in [3.05, 3.63) is 65.5 Å². The van der Waals surface area contributed by atoms with Gasteiger partial charge in [0.2, 0.25) is 0 Å². The van der Waals surface area contributed by atoms with E-state index in [1.807, 2.05) is 18.2 Å². The Morgan fingerprint density at radius 2 is 2.00 bits per heavy atom. The molecule has 1 atom stereocenters. The number of pyridine rings is 1. The predicted molar refractivity (Wildman–Crippen MR) is 90.8 cm³/mol. The maximum atomic E-state index is 12.9. The number of ether oxygens (including phenoxy) is 1. The van der Waals surface area contributed by atoms with Crippen molar-refractivity contribution in [2.24, 2.45) is 0 Å². The predicted octanol–water partition coefficient (Wildman–Crippen LogP) is 3.91. The number of carbonyl (C=O) groups excluding carboxylic acids is 2. The Kier molecular flexibility index (Phi) is 4.22. The van der Waals surface area contributed by atoms with Crippen LogP contribution in [0.5, 0.6) is 0 Å². The molecule has 122 valence electrons. The van der Waals surface area contributed by atoms with E-state index in [0.29, 0.717) is 11.4 Å². The van der Waals surface area contributed by atoms with E-state index in [2.05, 4.69) is 16.9 Å². The second-order valence-electron chi connectivity index (χ2n) is 5.23. The zero-order chi connectivity index (χ0) is 17.3. The monoisotopic (exact) mass is 343 g/mol. The van der Waals surface area contributed by atoms with E-state index in [1.165, 1.54) is 19.1 Å². The molecule has 24 heavy (non-hydrogen) atoms. The number of imide groups is 1. The van der Waals surface area contributed by atoms with Gasteiger partial charge in [0.05, 0.1) is 11.4 Å². The molecule has 0 saturated heterocycles. The maximum absolute atomic E-state index is 12.9. The van der Waals surface area contributed by atoms with Crippen LogP contribution in [0, 0.1) is 0 Å². The van der Waals surface area contributed by atoms with Gasteiger partial charge in [0.25, 0.3) is 5.91 Å². The standard InChI is InChI=1S/C17H14ClN3O3/c1-10(2)24-17(23)21-12-8-9-13(18)19-15(12)20-14(16(21)22)11-6-4-3-5-7-11/h3-9,14H,1H2,2H3,(H,19,20). The molecule has 2 heterocycles. The number of allylic oxidation sites excluding steroid dienone is 1. The molecule has 3 rings (SSSR count). The highest BCUT2D eigenvalue weighted by atomic mass is 35.5. The third kappa shape index (κ3) is 2.96. The molecule has 1 N–H and O–H groups in total. The van der Waals surface area contributed by atoms with Crippen LogP contribution >= 0.6 is 11.6 Å². The minimum absolute atomic E-state index is 0.186. The Hall–Kier alpha value is -2.86. The highest BCUT2D eigenvalue weighted by molar-refractivity contribution is 6.30. The number of nitrogens with zero attached hydrogens (tertiary/aromatic N) is 2. The molecule has 0 saturated carbocycles. The zero-order valence-corrected chi connectivity index (χ0v) is 13.6. The van der Waals surface area contributed by atoms with E-state index in [4.69, 9.17) is 16.3 Å². The molecule has 1 aromatic carbocycles. The Morgan fingerprint density at radius 1 is 1.29 bits per heavy atom. The number of hydrogen-bond acceptors (Lipinski definition) is 5. The lowest BCUT2D eigenvalue weighted by molar-refractivity contribution is -0.119. The summed E-state index contributed by atoms with van der Waals surface area (Å²) in [6, 6.07) is 11.3. The summed E-state index contributed by atoms with van der Waals surface area (Å²) in [6.45, 7) is 5.06. The number of nitrogens with one attached hydrogen (secondary N) is 1. The Morgan fingerprint density at radius 3 is 2.67 bits per heavy atom. The molecule has 0 bridgehead atoms. The number of rotatable bonds is 2. The average Bonchev–Trinajstić information content (AvgIpc) is 2.54. The van der Waals surface area contributed by atoms with E-state index in [-0.39, 0.29) is 16.6 Å². The maximum Gasteiger partial charge on any atom is 0.426 e. The molecule has 6 nitrogen and oxygen atoms in total. The number of carbonyl (C=O) groups is 2. The molecule has 1 aliphatic heterocycles. The molecule has 0 spiro atoms. The van der Waals surface area contributed by atoms with Gasteiger partial charge in [0, 0.05) is 0 Å². The minimum atomic E-state index is -0.833. The van der Waals surface area contributed by atoms with Crippen LogP contribution in [0.3, 0.4) is 0 Å². The molecule has 0 aliphatic carbocycles. The van der Waals surface area contributed by atoms with Crippen LogP contribution in [0.2, 0.25) is 5.15 Å². The van der Waals surface area contributed by atoms with Gasteiger partial charge in [-0.05, 0) is 24.6 Å². The number of anilines is 2. The van der Waals surface area contributed by atoms with Gasteiger partial charge in [-0.2, -0.15) is 0 Å². The van der Waals surface area contributed by atoms with Gasteiger partial charge in [-0.1, -0.05) is 48.5 Å². The second-order valence-corrected chi connectivity index (χ2v) is 5.62. The van der Waals surface area contributed by atoms with Crippen molar-refractivity contribution in [3.8, 4) is 0 Å². The van der Waals surface area contributed by atoms with Crippen molar-refractivity contribution in [1.82, 2.24) is 4.98 Å². The van der Waals surface area contributed by atoms with Gasteiger partial charge >= 0.3 is 6.09 Å². The molecule has 7 heteroatoms. The van der Waals surface area contributed by atoms with Crippen LogP contribution in [0.15, 0.2) is 54.8 Å². The lowest BCUT2D eigenvalue weighted by atomic mass is 10.0. The summed E-state index contributed by atoms with van der Waals surface area (Å²) in [5.74, 6) is 0.0461. The quantitative estimate of drug-likeness (QED) is 0.661. The van der Waals surface area contributed by atoms with Crippen molar-refractivity contribution >= 4 is 35.1 Å². The van der Waals surface area contributed by atoms with E-state index in [1.54, 1.807) is 12.1 Å². The topological polar surface area (TPSA) is 71.5 Å². The molecule has 1 unspecified atom stereocenters. The lowest BCUT2D eigenvalue weighted by Crippen LogP contribution is -2.46. The van der Waals surface area contributed by atoms with Gasteiger partial charge in [-0.25, -0.2) is 14.7 Å². The number of benzene rings is 1. The van der Waals surface area contributed by atoms with Crippen molar-refractivity contribution in [2.75, 3.05) is 10.2 Å². The summed E-state index contributed by atoms with van der Waals surface area (Å²) < 4.78 is 5.01. The smallest absolute Gasteiger partial charge is 0.415 e. The SMILES string of the molecule is C=C(C)OC(=O)N1C(=O)C(c2ccccc2)Nc2nc(Cl)ccc21. The number of fused-ring (bicyclic) bond motifs is 1. The lowest BCUT2D eigenvalue weighted by Gasteiger charge is -2.32. The molecule has 2 aromatic rings. The summed E-state index contributed by atoms with van der Waals surface area (Å²) in [4.78, 5) is 30.4. The Bertz CT molecular complexity index is 823. The number of amides is 2. The van der Waals surface area contributed by atoms with Crippen LogP contribution in [0.4, 0.5) is 16.3 Å². The summed E-state index contributed by atoms with van der Waals surface area (Å²) in [5, 5.41) is 3.27. The van der Waals surface area contributed by atoms with Crippen LogP contribution < -0.4 is 10.2 Å². The Balaban J connectivity index is 2.08. The summed E-state index contributed by atoms with van der Waals surface area (Å²) >= 11 is 5.93. The van der Waals surface area contributed by atoms with Gasteiger partial charge in [0.15, 0.2) is 5.82 Å². The van der Waals surface area contributed by atoms with Crippen LogP contribution in [0.25, 0.3) is 0 Å². The van der Waals surface area contributed by atoms with Crippen LogP contribution in [0.1, 0.15) is 18.5 Å². The van der Waals surface area contributed by atoms with E-state index >= 15 is 0 Å². The van der Waals surface area contributed by atoms with E-state index in [9.17, 15) is 9.59 Å². The molecule has 1 aliphatic rings. The third-order valence-electron chi connectivity index (χ3n) is 3.41. The molecular formula is C17H14ClN3O3. The van der Waals surface area contributed by atoms with Crippen molar-refractivity contribution in [2.45, 2.75) is 13.0 Å². The first kappa shape index (κ1) is 16.0. The highest BCUT2D eigenvalue weighted by Gasteiger charge is 2.39. The molecule has 2 amide bonds. The first-order chi connectivity index (χ1) is 11.5. The fraction of sp³-hybridized carbons (Fsp3) is 0.118. The zero-order valence-electron chi connectivity index (χ0n) is 12.8. The van der Waals surface area contributed by atoms with Gasteiger partial charge in [-0.15, -0.1) is 0 Å². The Labute approximate surface area is 143 Å².